The molecule has 50 heavy (non-hydrogen) atoms. The number of fused-ring (bicyclic) bond motifs is 5. The number of hydrogen-bond acceptors (Lipinski definition) is 9. The molecular weight excluding hydrogens is 638 g/mol. The summed E-state index contributed by atoms with van der Waals surface area (Å²) in [6.45, 7) is 12.9. The average molecular weight is 680 g/mol. The Bertz CT molecular complexity index is 2380. The minimum atomic E-state index is -0.874. The Labute approximate surface area is 288 Å². The van der Waals surface area contributed by atoms with Crippen molar-refractivity contribution in [2.24, 2.45) is 10.8 Å². The van der Waals surface area contributed by atoms with Crippen LogP contribution in [0.2, 0.25) is 0 Å². The van der Waals surface area contributed by atoms with Crippen LogP contribution < -0.4 is 0 Å². The zero-order chi connectivity index (χ0) is 36.5. The van der Waals surface area contributed by atoms with Crippen LogP contribution >= 0.6 is 0 Å². The quantitative estimate of drug-likeness (QED) is 0.0639. The highest BCUT2D eigenvalue weighted by Crippen LogP contribution is 2.61. The third kappa shape index (κ3) is 4.40. The minimum Gasteiger partial charge on any atom is -0.512 e. The highest BCUT2D eigenvalue weighted by atomic mass is 16.3. The number of aliphatic hydroxyl groups excluding tert-OH is 2. The van der Waals surface area contributed by atoms with Crippen LogP contribution in [0, 0.1) is 17.8 Å². The van der Waals surface area contributed by atoms with E-state index in [-0.39, 0.29) is 29.1 Å². The molecule has 7 rings (SSSR count). The van der Waals surface area contributed by atoms with E-state index in [0.717, 1.165) is 21.8 Å². The van der Waals surface area contributed by atoms with Crippen LogP contribution in [0.1, 0.15) is 98.7 Å². The summed E-state index contributed by atoms with van der Waals surface area (Å²) in [6.07, 6.45) is 0.0536. The fourth-order valence-corrected chi connectivity index (χ4v) is 8.22. The first-order valence-corrected chi connectivity index (χ1v) is 16.4. The van der Waals surface area contributed by atoms with Crippen molar-refractivity contribution < 1.29 is 46.0 Å². The van der Waals surface area contributed by atoms with Crippen molar-refractivity contribution in [2.75, 3.05) is 0 Å². The van der Waals surface area contributed by atoms with Crippen molar-refractivity contribution in [1.82, 2.24) is 4.98 Å². The van der Waals surface area contributed by atoms with Crippen molar-refractivity contribution in [1.29, 1.82) is 0 Å². The van der Waals surface area contributed by atoms with Crippen molar-refractivity contribution in [3.05, 3.63) is 86.9 Å². The number of aromatic nitrogens is 1. The first kappa shape index (κ1) is 32.9. The lowest BCUT2D eigenvalue weighted by Crippen LogP contribution is -2.20. The maximum absolute atomic E-state index is 11.8. The Morgan fingerprint density at radius 1 is 0.560 bits per heavy atom. The molecular formula is C40H41NO9. The second-order valence-electron chi connectivity index (χ2n) is 15.6. The fraction of sp³-hybridized carbons (Fsp3) is 0.300. The van der Waals surface area contributed by atoms with E-state index in [1.807, 2.05) is 77.9 Å². The van der Waals surface area contributed by atoms with E-state index in [2.05, 4.69) is 4.98 Å². The predicted octanol–water partition coefficient (Wildman–Crippen LogP) is 8.88. The summed E-state index contributed by atoms with van der Waals surface area (Å²) in [7, 11) is 0. The third-order valence-corrected chi connectivity index (χ3v) is 10.4. The number of nitrogens with one attached hydrogen (secondary N) is 1. The molecule has 2 atom stereocenters. The maximum Gasteiger partial charge on any atom is 0.204 e. The van der Waals surface area contributed by atoms with E-state index in [1.165, 1.54) is 0 Å². The van der Waals surface area contributed by atoms with Gasteiger partial charge in [0.1, 0.15) is 5.76 Å². The average Bonchev–Trinajstić information content (AvgIpc) is 3.57. The lowest BCUT2D eigenvalue weighted by Gasteiger charge is -2.35. The summed E-state index contributed by atoms with van der Waals surface area (Å²) in [4.78, 5) is 3.40. The molecule has 4 aromatic carbocycles. The van der Waals surface area contributed by atoms with Crippen molar-refractivity contribution in [2.45, 2.75) is 66.7 Å². The summed E-state index contributed by atoms with van der Waals surface area (Å²) in [6, 6.07) is 11.2. The van der Waals surface area contributed by atoms with Gasteiger partial charge in [-0.25, -0.2) is 0 Å². The van der Waals surface area contributed by atoms with Crippen LogP contribution in [0.25, 0.3) is 33.0 Å². The van der Waals surface area contributed by atoms with Crippen LogP contribution in [-0.4, -0.2) is 50.9 Å². The molecule has 0 saturated heterocycles. The number of hydrogen-bond donors (Lipinski definition) is 10. The Kier molecular flexibility index (Phi) is 6.86. The van der Waals surface area contributed by atoms with Gasteiger partial charge in [-0.15, -0.1) is 0 Å². The molecule has 0 bridgehead atoms. The third-order valence-electron chi connectivity index (χ3n) is 10.4. The van der Waals surface area contributed by atoms with Gasteiger partial charge in [-0.05, 0) is 58.7 Å². The van der Waals surface area contributed by atoms with Gasteiger partial charge in [-0.2, -0.15) is 0 Å². The van der Waals surface area contributed by atoms with Crippen LogP contribution in [0.4, 0.5) is 0 Å². The van der Waals surface area contributed by atoms with Gasteiger partial charge >= 0.3 is 0 Å². The van der Waals surface area contributed by atoms with Gasteiger partial charge in [0.05, 0.1) is 11.7 Å². The molecule has 10 N–H and O–H groups in total. The molecule has 260 valence electrons. The van der Waals surface area contributed by atoms with Gasteiger partial charge in [-0.3, -0.25) is 0 Å². The van der Waals surface area contributed by atoms with Gasteiger partial charge in [0.25, 0.3) is 0 Å². The van der Waals surface area contributed by atoms with E-state index in [0.29, 0.717) is 39.0 Å². The number of aromatic hydroxyl groups is 7. The zero-order valence-corrected chi connectivity index (χ0v) is 28.9. The van der Waals surface area contributed by atoms with Crippen molar-refractivity contribution in [3.63, 3.8) is 0 Å². The Balaban J connectivity index is 1.44. The van der Waals surface area contributed by atoms with Crippen LogP contribution in [0.5, 0.6) is 40.2 Å². The van der Waals surface area contributed by atoms with Crippen molar-refractivity contribution >= 4 is 33.0 Å². The lowest BCUT2D eigenvalue weighted by atomic mass is 9.70. The first-order valence-electron chi connectivity index (χ1n) is 16.4. The standard InChI is InChI=1S/C40H41NO9/c1-15-24-27(34(46)36(48)31(15)43)25(32(44)30(24)40(5,6)7)17-9-11-22-20(13-17)19-12-16(8-10-21(19)41-22)18-14-23(42)29(39(2,3)4)28-26(18)33(45)37(49)38(50)35(28)47/h8-13,18,25,41-50H,14H2,1-7H3/t18-,25?/m1/s1. The molecule has 0 amide bonds. The molecule has 0 saturated carbocycles. The van der Waals surface area contributed by atoms with Crippen molar-refractivity contribution in [3.8, 4) is 40.2 Å². The zero-order valence-electron chi connectivity index (χ0n) is 28.9. The normalized spacial score (nSPS) is 18.0. The molecule has 10 nitrogen and oxygen atoms in total. The van der Waals surface area contributed by atoms with E-state index in [9.17, 15) is 46.0 Å². The molecule has 0 aliphatic heterocycles. The van der Waals surface area contributed by atoms with Gasteiger partial charge in [0.15, 0.2) is 23.0 Å². The molecule has 0 fully saturated rings. The molecule has 10 heteroatoms. The largest absolute Gasteiger partial charge is 0.512 e. The summed E-state index contributed by atoms with van der Waals surface area (Å²) in [5.74, 6) is -6.12. The molecule has 0 radical (unpaired) electrons. The monoisotopic (exact) mass is 679 g/mol. The van der Waals surface area contributed by atoms with E-state index >= 15 is 0 Å². The van der Waals surface area contributed by atoms with Gasteiger partial charge in [-0.1, -0.05) is 53.7 Å². The number of H-pyrrole nitrogens is 1. The SMILES string of the molecule is Cc1c(O)c(O)c(O)c2c1C(C(C)(C)C)=C(O)C2c1ccc2[nH]c3ccc([C@H]4CC(O)=C(C(C)(C)C)c5c(O)c(O)c(O)c(O)c54)cc3c2c1. The van der Waals surface area contributed by atoms with Crippen LogP contribution in [-0.2, 0) is 0 Å². The summed E-state index contributed by atoms with van der Waals surface area (Å²) in [5.41, 5.74) is 3.85. The molecule has 1 heterocycles. The maximum atomic E-state index is 11.8. The predicted molar refractivity (Wildman–Crippen MR) is 191 cm³/mol. The number of rotatable bonds is 2. The second kappa shape index (κ2) is 10.4. The minimum absolute atomic E-state index is 0.00449. The summed E-state index contributed by atoms with van der Waals surface area (Å²) < 4.78 is 0. The number of aromatic amines is 1. The second-order valence-corrected chi connectivity index (χ2v) is 15.6. The Morgan fingerprint density at radius 3 is 1.64 bits per heavy atom. The van der Waals surface area contributed by atoms with Gasteiger partial charge in [0.2, 0.25) is 17.2 Å². The smallest absolute Gasteiger partial charge is 0.204 e. The van der Waals surface area contributed by atoms with Crippen LogP contribution in [0.15, 0.2) is 47.9 Å². The summed E-state index contributed by atoms with van der Waals surface area (Å²) >= 11 is 0. The van der Waals surface area contributed by atoms with Crippen LogP contribution in [0.3, 0.4) is 0 Å². The topological polar surface area (TPSA) is 198 Å². The summed E-state index contributed by atoms with van der Waals surface area (Å²) in [5, 5.41) is 101. The Hall–Kier alpha value is -5.64. The molecule has 1 aromatic heterocycles. The molecule has 5 aromatic rings. The number of benzene rings is 4. The fourth-order valence-electron chi connectivity index (χ4n) is 8.22. The number of phenolic OH excluding ortho intramolecular Hbond substituents is 7. The molecule has 0 spiro atoms. The van der Waals surface area contributed by atoms with Gasteiger partial charge in [0, 0.05) is 67.5 Å². The number of allylic oxidation sites excluding steroid dienone is 4. The molecule has 2 aliphatic carbocycles. The van der Waals surface area contributed by atoms with E-state index in [1.54, 1.807) is 6.92 Å². The van der Waals surface area contributed by atoms with E-state index < -0.39 is 62.9 Å². The van der Waals surface area contributed by atoms with E-state index in [4.69, 9.17) is 0 Å². The number of phenols is 7. The first-order chi connectivity index (χ1) is 23.2. The highest BCUT2D eigenvalue weighted by molar-refractivity contribution is 6.08. The lowest BCUT2D eigenvalue weighted by molar-refractivity contribution is 0.331. The highest BCUT2D eigenvalue weighted by Gasteiger charge is 2.43. The number of aliphatic hydroxyl groups is 2. The molecule has 1 unspecified atom stereocenters. The molecule has 2 aliphatic rings. The Morgan fingerprint density at radius 2 is 1.06 bits per heavy atom. The van der Waals surface area contributed by atoms with Gasteiger partial charge < -0.3 is 50.9 Å².